The molecule has 136 valence electrons. The summed E-state index contributed by atoms with van der Waals surface area (Å²) in [6.45, 7) is 5.05. The van der Waals surface area contributed by atoms with E-state index in [1.165, 1.54) is 12.8 Å². The fourth-order valence-electron chi connectivity index (χ4n) is 2.80. The van der Waals surface area contributed by atoms with Crippen LogP contribution in [0, 0.1) is 0 Å². The molecule has 1 heterocycles. The van der Waals surface area contributed by atoms with Crippen molar-refractivity contribution in [3.63, 3.8) is 0 Å². The lowest BCUT2D eigenvalue weighted by atomic mass is 10.2. The van der Waals surface area contributed by atoms with E-state index in [1.807, 2.05) is 31.5 Å². The maximum Gasteiger partial charge on any atom is 0.222 e. The fourth-order valence-corrected chi connectivity index (χ4v) is 2.80. The molecule has 24 heavy (non-hydrogen) atoms. The van der Waals surface area contributed by atoms with Crippen molar-refractivity contribution in [3.8, 4) is 0 Å². The molecular formula is C17H30IN5O. The molecule has 0 spiro atoms. The van der Waals surface area contributed by atoms with Gasteiger partial charge >= 0.3 is 0 Å². The number of hydrogen-bond donors (Lipinski definition) is 3. The first-order valence-electron chi connectivity index (χ1n) is 8.70. The second kappa shape index (κ2) is 12.2. The summed E-state index contributed by atoms with van der Waals surface area (Å²) in [5.41, 5.74) is 0. The van der Waals surface area contributed by atoms with Crippen molar-refractivity contribution in [2.24, 2.45) is 4.99 Å². The Morgan fingerprint density at radius 2 is 1.92 bits per heavy atom. The molecule has 1 aliphatic rings. The first-order valence-corrected chi connectivity index (χ1v) is 8.70. The summed E-state index contributed by atoms with van der Waals surface area (Å²) >= 11 is 0. The Morgan fingerprint density at radius 1 is 1.21 bits per heavy atom. The zero-order chi connectivity index (χ0) is 16.3. The van der Waals surface area contributed by atoms with Gasteiger partial charge in [0.15, 0.2) is 5.96 Å². The first-order chi connectivity index (χ1) is 11.3. The molecule has 0 saturated heterocycles. The molecule has 0 atom stereocenters. The number of amides is 1. The maximum atomic E-state index is 11.9. The average Bonchev–Trinajstić information content (AvgIpc) is 3.21. The molecule has 2 rings (SSSR count). The molecule has 0 unspecified atom stereocenters. The monoisotopic (exact) mass is 447 g/mol. The van der Waals surface area contributed by atoms with Crippen LogP contribution in [-0.2, 0) is 11.3 Å². The number of rotatable bonds is 8. The Kier molecular flexibility index (Phi) is 10.5. The van der Waals surface area contributed by atoms with E-state index < -0.39 is 0 Å². The number of nitrogens with zero attached hydrogens (tertiary/aromatic N) is 2. The first kappa shape index (κ1) is 20.8. The van der Waals surface area contributed by atoms with Crippen molar-refractivity contribution in [2.45, 2.75) is 51.6 Å². The highest BCUT2D eigenvalue weighted by atomic mass is 127. The van der Waals surface area contributed by atoms with Crippen LogP contribution in [-0.4, -0.2) is 42.1 Å². The topological polar surface area (TPSA) is 70.4 Å². The number of carbonyl (C=O) groups excluding carboxylic acids is 1. The van der Waals surface area contributed by atoms with Crippen molar-refractivity contribution in [3.05, 3.63) is 24.5 Å². The normalized spacial score (nSPS) is 15.0. The summed E-state index contributed by atoms with van der Waals surface area (Å²) in [5.74, 6) is 0.886. The molecule has 1 aromatic rings. The molecule has 1 aliphatic carbocycles. The van der Waals surface area contributed by atoms with Gasteiger partial charge in [-0.1, -0.05) is 12.8 Å². The Bertz CT molecular complexity index is 483. The standard InChI is InChI=1S/C17H29N5O.HI/c1-2-18-17(20-11-14-22-12-5-6-13-22)19-10-9-16(23)21-15-7-3-4-8-15;/h5-6,12-13,15H,2-4,7-11,14H2,1H3,(H,21,23)(H2,18,19,20);1H. The minimum atomic E-state index is 0. The third-order valence-electron chi connectivity index (χ3n) is 4.00. The lowest BCUT2D eigenvalue weighted by molar-refractivity contribution is -0.121. The molecule has 1 aromatic heterocycles. The van der Waals surface area contributed by atoms with E-state index in [0.717, 1.165) is 38.4 Å². The van der Waals surface area contributed by atoms with Crippen molar-refractivity contribution < 1.29 is 4.79 Å². The quantitative estimate of drug-likeness (QED) is 0.325. The summed E-state index contributed by atoms with van der Waals surface area (Å²) in [5, 5.41) is 9.59. The van der Waals surface area contributed by atoms with Gasteiger partial charge in [0.1, 0.15) is 0 Å². The maximum absolute atomic E-state index is 11.9. The molecule has 6 nitrogen and oxygen atoms in total. The van der Waals surface area contributed by atoms with Crippen LogP contribution in [0.15, 0.2) is 29.5 Å². The van der Waals surface area contributed by atoms with E-state index in [9.17, 15) is 4.79 Å². The Morgan fingerprint density at radius 3 is 2.58 bits per heavy atom. The average molecular weight is 447 g/mol. The molecule has 0 radical (unpaired) electrons. The number of carbonyl (C=O) groups is 1. The Balaban J connectivity index is 0.00000288. The van der Waals surface area contributed by atoms with E-state index in [0.29, 0.717) is 19.0 Å². The highest BCUT2D eigenvalue weighted by Crippen LogP contribution is 2.17. The fraction of sp³-hybridized carbons (Fsp3) is 0.647. The molecule has 0 bridgehead atoms. The van der Waals surface area contributed by atoms with Crippen LogP contribution in [0.1, 0.15) is 39.0 Å². The van der Waals surface area contributed by atoms with Gasteiger partial charge < -0.3 is 20.5 Å². The molecule has 0 aromatic carbocycles. The van der Waals surface area contributed by atoms with Crippen molar-refractivity contribution >= 4 is 35.8 Å². The smallest absolute Gasteiger partial charge is 0.222 e. The van der Waals surface area contributed by atoms with Gasteiger partial charge in [0.2, 0.25) is 5.91 Å². The number of guanidine groups is 1. The number of hydrogen-bond acceptors (Lipinski definition) is 2. The van der Waals surface area contributed by atoms with E-state index in [-0.39, 0.29) is 29.9 Å². The van der Waals surface area contributed by atoms with Crippen LogP contribution in [0.5, 0.6) is 0 Å². The van der Waals surface area contributed by atoms with Crippen molar-refractivity contribution in [1.29, 1.82) is 0 Å². The predicted molar refractivity (Wildman–Crippen MR) is 109 cm³/mol. The van der Waals surface area contributed by atoms with Gasteiger partial charge in [0, 0.05) is 44.5 Å². The largest absolute Gasteiger partial charge is 0.357 e. The van der Waals surface area contributed by atoms with Crippen molar-refractivity contribution in [1.82, 2.24) is 20.5 Å². The highest BCUT2D eigenvalue weighted by molar-refractivity contribution is 14.0. The van der Waals surface area contributed by atoms with Crippen LogP contribution in [0.2, 0.25) is 0 Å². The third kappa shape index (κ3) is 8.03. The zero-order valence-corrected chi connectivity index (χ0v) is 16.8. The summed E-state index contributed by atoms with van der Waals surface area (Å²) in [4.78, 5) is 16.4. The number of halogens is 1. The molecule has 0 aliphatic heterocycles. The van der Waals surface area contributed by atoms with Crippen LogP contribution >= 0.6 is 24.0 Å². The van der Waals surface area contributed by atoms with Gasteiger partial charge in [-0.25, -0.2) is 0 Å². The van der Waals surface area contributed by atoms with Crippen LogP contribution < -0.4 is 16.0 Å². The molecular weight excluding hydrogens is 417 g/mol. The SMILES string of the molecule is CCNC(=NCCC(=O)NC1CCCC1)NCCn1cccc1.I. The second-order valence-corrected chi connectivity index (χ2v) is 5.91. The molecule has 1 saturated carbocycles. The zero-order valence-electron chi connectivity index (χ0n) is 14.5. The van der Waals surface area contributed by atoms with E-state index in [1.54, 1.807) is 0 Å². The lowest BCUT2D eigenvalue weighted by Gasteiger charge is -2.13. The minimum absolute atomic E-state index is 0. The van der Waals surface area contributed by atoms with Gasteiger partial charge in [-0.15, -0.1) is 24.0 Å². The second-order valence-electron chi connectivity index (χ2n) is 5.91. The minimum Gasteiger partial charge on any atom is -0.357 e. The van der Waals surface area contributed by atoms with Gasteiger partial charge in [-0.05, 0) is 31.9 Å². The number of aromatic nitrogens is 1. The summed E-state index contributed by atoms with van der Waals surface area (Å²) in [7, 11) is 0. The van der Waals surface area contributed by atoms with E-state index in [2.05, 4.69) is 25.5 Å². The summed E-state index contributed by atoms with van der Waals surface area (Å²) in [6, 6.07) is 4.42. The summed E-state index contributed by atoms with van der Waals surface area (Å²) < 4.78 is 2.12. The van der Waals surface area contributed by atoms with Gasteiger partial charge in [0.05, 0.1) is 6.54 Å². The molecule has 7 heteroatoms. The van der Waals surface area contributed by atoms with Gasteiger partial charge in [-0.3, -0.25) is 9.79 Å². The van der Waals surface area contributed by atoms with Gasteiger partial charge in [-0.2, -0.15) is 0 Å². The molecule has 1 amide bonds. The van der Waals surface area contributed by atoms with Gasteiger partial charge in [0.25, 0.3) is 0 Å². The lowest BCUT2D eigenvalue weighted by Crippen LogP contribution is -2.39. The predicted octanol–water partition coefficient (Wildman–Crippen LogP) is 2.11. The highest BCUT2D eigenvalue weighted by Gasteiger charge is 2.16. The Hall–Kier alpha value is -1.25. The molecule has 1 fully saturated rings. The van der Waals surface area contributed by atoms with E-state index >= 15 is 0 Å². The van der Waals surface area contributed by atoms with Crippen LogP contribution in [0.4, 0.5) is 0 Å². The summed E-state index contributed by atoms with van der Waals surface area (Å²) in [6.07, 6.45) is 9.25. The number of nitrogens with one attached hydrogen (secondary N) is 3. The Labute approximate surface area is 161 Å². The third-order valence-corrected chi connectivity index (χ3v) is 4.00. The number of aliphatic imine (C=N–C) groups is 1. The van der Waals surface area contributed by atoms with Crippen molar-refractivity contribution in [2.75, 3.05) is 19.6 Å². The van der Waals surface area contributed by atoms with E-state index in [4.69, 9.17) is 0 Å². The van der Waals surface area contributed by atoms with Crippen LogP contribution in [0.3, 0.4) is 0 Å². The van der Waals surface area contributed by atoms with Crippen LogP contribution in [0.25, 0.3) is 0 Å². The molecule has 3 N–H and O–H groups in total.